The number of carbonyl (C=O) groups is 1. The molecule has 1 heterocycles. The molecule has 18 heavy (non-hydrogen) atoms. The topological polar surface area (TPSA) is 59.4 Å². The van der Waals surface area contributed by atoms with Gasteiger partial charge in [-0.15, -0.1) is 11.3 Å². The summed E-state index contributed by atoms with van der Waals surface area (Å²) in [5, 5.41) is 9.88. The molecule has 4 nitrogen and oxygen atoms in total. The number of carboxylic acids is 1. The van der Waals surface area contributed by atoms with Gasteiger partial charge in [0.25, 0.3) is 0 Å². The van der Waals surface area contributed by atoms with Gasteiger partial charge in [-0.3, -0.25) is 0 Å². The highest BCUT2D eigenvalue weighted by Crippen LogP contribution is 2.30. The second-order valence-electron chi connectivity index (χ2n) is 4.43. The van der Waals surface area contributed by atoms with Crippen molar-refractivity contribution in [2.75, 3.05) is 0 Å². The number of rotatable bonds is 4. The number of aromatic nitrogens is 1. The highest BCUT2D eigenvalue weighted by Gasteiger charge is 2.13. The first-order valence-corrected chi connectivity index (χ1v) is 6.59. The summed E-state index contributed by atoms with van der Waals surface area (Å²) < 4.78 is 6.35. The van der Waals surface area contributed by atoms with Crippen molar-refractivity contribution < 1.29 is 14.6 Å². The van der Waals surface area contributed by atoms with E-state index < -0.39 is 12.1 Å². The smallest absolute Gasteiger partial charge is 0.344 e. The number of fused-ring (bicyclic) bond motifs is 1. The van der Waals surface area contributed by atoms with E-state index >= 15 is 0 Å². The first-order chi connectivity index (χ1) is 8.47. The van der Waals surface area contributed by atoms with Gasteiger partial charge in [0, 0.05) is 5.92 Å². The molecule has 0 aliphatic rings. The van der Waals surface area contributed by atoms with Gasteiger partial charge in [0.15, 0.2) is 6.10 Å². The molecule has 0 aliphatic heterocycles. The minimum Gasteiger partial charge on any atom is -0.479 e. The van der Waals surface area contributed by atoms with Crippen molar-refractivity contribution in [1.82, 2.24) is 4.98 Å². The molecule has 96 valence electrons. The van der Waals surface area contributed by atoms with Crippen LogP contribution in [-0.2, 0) is 4.79 Å². The third-order valence-electron chi connectivity index (χ3n) is 2.53. The maximum atomic E-state index is 10.7. The average molecular weight is 265 g/mol. The Morgan fingerprint density at radius 3 is 2.72 bits per heavy atom. The minimum atomic E-state index is -0.970. The van der Waals surface area contributed by atoms with Gasteiger partial charge in [0.2, 0.25) is 0 Å². The van der Waals surface area contributed by atoms with E-state index in [1.54, 1.807) is 17.4 Å². The zero-order chi connectivity index (χ0) is 13.3. The maximum absolute atomic E-state index is 10.7. The summed E-state index contributed by atoms with van der Waals surface area (Å²) in [5.74, 6) is -0.0108. The van der Waals surface area contributed by atoms with Crippen molar-refractivity contribution in [2.24, 2.45) is 0 Å². The Hall–Kier alpha value is -1.62. The van der Waals surface area contributed by atoms with E-state index in [-0.39, 0.29) is 0 Å². The van der Waals surface area contributed by atoms with Gasteiger partial charge >= 0.3 is 5.97 Å². The second kappa shape index (κ2) is 4.94. The molecule has 0 spiro atoms. The highest BCUT2D eigenvalue weighted by molar-refractivity contribution is 7.18. The van der Waals surface area contributed by atoms with Crippen molar-refractivity contribution in [2.45, 2.75) is 32.8 Å². The number of nitrogens with zero attached hydrogens (tertiary/aromatic N) is 1. The number of thiazole rings is 1. The summed E-state index contributed by atoms with van der Waals surface area (Å²) in [7, 11) is 0. The van der Waals surface area contributed by atoms with Crippen molar-refractivity contribution in [3.8, 4) is 5.75 Å². The number of benzene rings is 1. The Labute approximate surface area is 109 Å². The normalized spacial score (nSPS) is 12.9. The molecular formula is C13H15NO3S. The fourth-order valence-corrected chi connectivity index (χ4v) is 2.50. The molecule has 2 aromatic rings. The predicted molar refractivity (Wildman–Crippen MR) is 71.4 cm³/mol. The average Bonchev–Trinajstić information content (AvgIpc) is 2.71. The van der Waals surface area contributed by atoms with Crippen molar-refractivity contribution in [3.05, 3.63) is 23.2 Å². The Kier molecular flexibility index (Phi) is 3.52. The van der Waals surface area contributed by atoms with Gasteiger partial charge in [0.05, 0.1) is 15.2 Å². The molecule has 0 radical (unpaired) electrons. The third-order valence-corrected chi connectivity index (χ3v) is 3.85. The molecule has 0 fully saturated rings. The van der Waals surface area contributed by atoms with Crippen molar-refractivity contribution in [1.29, 1.82) is 0 Å². The quantitative estimate of drug-likeness (QED) is 0.921. The summed E-state index contributed by atoms with van der Waals surface area (Å²) in [6.07, 6.45) is -0.847. The van der Waals surface area contributed by atoms with E-state index in [4.69, 9.17) is 9.84 Å². The fourth-order valence-electron chi connectivity index (χ4n) is 1.50. The van der Waals surface area contributed by atoms with E-state index in [2.05, 4.69) is 18.8 Å². The van der Waals surface area contributed by atoms with Crippen LogP contribution in [0, 0.1) is 0 Å². The molecule has 1 atom stereocenters. The van der Waals surface area contributed by atoms with Crippen LogP contribution in [0.5, 0.6) is 5.75 Å². The molecule has 0 bridgehead atoms. The predicted octanol–water partition coefficient (Wildman–Crippen LogP) is 3.27. The molecular weight excluding hydrogens is 250 g/mol. The Bertz CT molecular complexity index is 577. The fraction of sp³-hybridized carbons (Fsp3) is 0.385. The van der Waals surface area contributed by atoms with Gasteiger partial charge in [-0.1, -0.05) is 13.8 Å². The Morgan fingerprint density at radius 1 is 1.39 bits per heavy atom. The Morgan fingerprint density at radius 2 is 2.11 bits per heavy atom. The van der Waals surface area contributed by atoms with Crippen LogP contribution < -0.4 is 4.74 Å². The summed E-state index contributed by atoms with van der Waals surface area (Å²) in [6.45, 7) is 5.71. The van der Waals surface area contributed by atoms with Gasteiger partial charge in [-0.25, -0.2) is 9.78 Å². The van der Waals surface area contributed by atoms with E-state index in [1.165, 1.54) is 6.92 Å². The monoisotopic (exact) mass is 265 g/mol. The maximum Gasteiger partial charge on any atom is 0.344 e. The van der Waals surface area contributed by atoms with Gasteiger partial charge in [-0.2, -0.15) is 0 Å². The van der Waals surface area contributed by atoms with Crippen LogP contribution in [0.3, 0.4) is 0 Å². The number of hydrogen-bond acceptors (Lipinski definition) is 4. The third kappa shape index (κ3) is 2.61. The minimum absolute atomic E-state index is 0.393. The number of ether oxygens (including phenoxy) is 1. The summed E-state index contributed by atoms with van der Waals surface area (Å²) >= 11 is 1.62. The molecule has 0 aliphatic carbocycles. The van der Waals surface area contributed by atoms with Crippen LogP contribution in [0.15, 0.2) is 18.2 Å². The molecule has 1 aromatic heterocycles. The van der Waals surface area contributed by atoms with Gasteiger partial charge < -0.3 is 9.84 Å². The summed E-state index contributed by atoms with van der Waals surface area (Å²) in [6, 6.07) is 5.46. The molecule has 2 rings (SSSR count). The lowest BCUT2D eigenvalue weighted by molar-refractivity contribution is -0.144. The van der Waals surface area contributed by atoms with Crippen LogP contribution in [-0.4, -0.2) is 22.2 Å². The lowest BCUT2D eigenvalue weighted by atomic mass is 10.2. The summed E-state index contributed by atoms with van der Waals surface area (Å²) in [4.78, 5) is 15.2. The van der Waals surface area contributed by atoms with Gasteiger partial charge in [0.1, 0.15) is 5.75 Å². The van der Waals surface area contributed by atoms with Crippen LogP contribution >= 0.6 is 11.3 Å². The van der Waals surface area contributed by atoms with Crippen LogP contribution in [0.2, 0.25) is 0 Å². The molecule has 0 amide bonds. The molecule has 1 N–H and O–H groups in total. The lowest BCUT2D eigenvalue weighted by Gasteiger charge is -2.09. The standard InChI is InChI=1S/C13H15NO3S/c1-7(2)12-14-10-5-4-9(6-11(10)18-12)17-8(3)13(15)16/h4-8H,1-3H3,(H,15,16). The van der Waals surface area contributed by atoms with Crippen LogP contribution in [0.25, 0.3) is 10.2 Å². The first-order valence-electron chi connectivity index (χ1n) is 5.77. The zero-order valence-electron chi connectivity index (χ0n) is 10.5. The van der Waals surface area contributed by atoms with E-state index in [0.29, 0.717) is 11.7 Å². The first kappa shape index (κ1) is 12.8. The van der Waals surface area contributed by atoms with Crippen molar-refractivity contribution >= 4 is 27.5 Å². The van der Waals surface area contributed by atoms with Gasteiger partial charge in [-0.05, 0) is 25.1 Å². The highest BCUT2D eigenvalue weighted by atomic mass is 32.1. The Balaban J connectivity index is 2.29. The molecule has 1 unspecified atom stereocenters. The molecule has 5 heteroatoms. The van der Waals surface area contributed by atoms with Crippen LogP contribution in [0.1, 0.15) is 31.7 Å². The van der Waals surface area contributed by atoms with E-state index in [1.807, 2.05) is 12.1 Å². The largest absolute Gasteiger partial charge is 0.479 e. The number of carboxylic acid groups (broad SMARTS) is 1. The summed E-state index contributed by atoms with van der Waals surface area (Å²) in [5.41, 5.74) is 0.930. The molecule has 0 saturated carbocycles. The molecule has 1 aromatic carbocycles. The number of hydrogen-bond donors (Lipinski definition) is 1. The van der Waals surface area contributed by atoms with Crippen LogP contribution in [0.4, 0.5) is 0 Å². The van der Waals surface area contributed by atoms with Crippen molar-refractivity contribution in [3.63, 3.8) is 0 Å². The van der Waals surface area contributed by atoms with E-state index in [9.17, 15) is 4.79 Å². The lowest BCUT2D eigenvalue weighted by Crippen LogP contribution is -2.22. The number of aliphatic carboxylic acids is 1. The SMILES string of the molecule is CC(Oc1ccc2nc(C(C)C)sc2c1)C(=O)O. The second-order valence-corrected chi connectivity index (χ2v) is 5.50. The zero-order valence-corrected chi connectivity index (χ0v) is 11.3. The molecule has 0 saturated heterocycles. The van der Waals surface area contributed by atoms with E-state index in [0.717, 1.165) is 15.2 Å².